The van der Waals surface area contributed by atoms with Crippen LogP contribution in [0.3, 0.4) is 0 Å². The summed E-state index contributed by atoms with van der Waals surface area (Å²) in [5.41, 5.74) is 9.77. The molecule has 2 aromatic carbocycles. The number of amides is 2. The van der Waals surface area contributed by atoms with Crippen LogP contribution in [0.2, 0.25) is 0 Å². The maximum Gasteiger partial charge on any atom is 0.408 e. The highest BCUT2D eigenvalue weighted by atomic mass is 32.2. The molecule has 0 bridgehead atoms. The summed E-state index contributed by atoms with van der Waals surface area (Å²) in [7, 11) is 0. The van der Waals surface area contributed by atoms with Crippen molar-refractivity contribution in [2.75, 3.05) is 5.75 Å². The molecule has 2 amide bonds. The van der Waals surface area contributed by atoms with Gasteiger partial charge in [0.2, 0.25) is 0 Å². The molecular formula is C25H25N5O5S. The largest absolute Gasteiger partial charge is 0.448 e. The number of carbonyl (C=O) groups excluding carboxylic acids is 3. The van der Waals surface area contributed by atoms with Gasteiger partial charge in [-0.3, -0.25) is 9.69 Å². The van der Waals surface area contributed by atoms with E-state index in [-0.39, 0.29) is 17.1 Å². The highest BCUT2D eigenvalue weighted by Gasteiger charge is 2.55. The van der Waals surface area contributed by atoms with Gasteiger partial charge in [-0.15, -0.1) is 11.8 Å². The van der Waals surface area contributed by atoms with Crippen LogP contribution in [0.25, 0.3) is 10.4 Å². The molecule has 1 saturated heterocycles. The lowest BCUT2D eigenvalue weighted by Gasteiger charge is -2.49. The summed E-state index contributed by atoms with van der Waals surface area (Å²) >= 11 is 1.27. The maximum absolute atomic E-state index is 13.5. The van der Waals surface area contributed by atoms with E-state index >= 15 is 0 Å². The number of azide groups is 1. The molecule has 2 atom stereocenters. The lowest BCUT2D eigenvalue weighted by atomic mass is 10.0. The topological polar surface area (TPSA) is 134 Å². The SMILES string of the molecule is CC(C)(C)OC(=O)NC1C(=O)N2C(C(=O)OC(c3ccccc3)c3ccccc3)=C(N=[N+]=[N-])CS[C@H]12. The predicted octanol–water partition coefficient (Wildman–Crippen LogP) is 4.65. The Labute approximate surface area is 212 Å². The minimum atomic E-state index is -0.890. The van der Waals surface area contributed by atoms with Crippen molar-refractivity contribution < 1.29 is 23.9 Å². The minimum absolute atomic E-state index is 0.0905. The van der Waals surface area contributed by atoms with Crippen molar-refractivity contribution in [1.82, 2.24) is 10.2 Å². The first-order valence-corrected chi connectivity index (χ1v) is 12.3. The normalized spacial score (nSPS) is 19.1. The van der Waals surface area contributed by atoms with Gasteiger partial charge in [0.1, 0.15) is 22.7 Å². The quantitative estimate of drug-likeness (QED) is 0.199. The van der Waals surface area contributed by atoms with Gasteiger partial charge in [0.05, 0.1) is 5.70 Å². The molecule has 186 valence electrons. The zero-order valence-electron chi connectivity index (χ0n) is 20.0. The maximum atomic E-state index is 13.5. The van der Waals surface area contributed by atoms with E-state index in [9.17, 15) is 14.4 Å². The van der Waals surface area contributed by atoms with Crippen LogP contribution in [0.4, 0.5) is 4.79 Å². The van der Waals surface area contributed by atoms with E-state index in [1.807, 2.05) is 60.7 Å². The zero-order valence-corrected chi connectivity index (χ0v) is 20.8. The fourth-order valence-electron chi connectivity index (χ4n) is 3.91. The van der Waals surface area contributed by atoms with Crippen molar-refractivity contribution in [2.45, 2.75) is 43.9 Å². The highest BCUT2D eigenvalue weighted by molar-refractivity contribution is 8.00. The zero-order chi connectivity index (χ0) is 25.9. The summed E-state index contributed by atoms with van der Waals surface area (Å²) in [6.45, 7) is 5.15. The third-order valence-corrected chi connectivity index (χ3v) is 6.67. The fraction of sp³-hybridized carbons (Fsp3) is 0.320. The van der Waals surface area contributed by atoms with Crippen molar-refractivity contribution in [2.24, 2.45) is 5.11 Å². The van der Waals surface area contributed by atoms with Crippen LogP contribution in [-0.2, 0) is 19.1 Å². The van der Waals surface area contributed by atoms with E-state index in [1.54, 1.807) is 20.8 Å². The van der Waals surface area contributed by atoms with Gasteiger partial charge < -0.3 is 14.8 Å². The molecule has 0 aromatic heterocycles. The molecule has 0 aliphatic carbocycles. The molecule has 0 saturated carbocycles. The number of carbonyl (C=O) groups is 3. The van der Waals surface area contributed by atoms with Gasteiger partial charge in [-0.1, -0.05) is 65.8 Å². The standard InChI is InChI=1S/C25H25N5O5S/c1-25(2,3)35-24(33)27-18-21(31)30-19(17(28-29-26)14-36-22(18)30)23(32)34-20(15-10-6-4-7-11-15)16-12-8-5-9-13-16/h4-13,18,20,22H,14H2,1-3H3,(H,27,33)/t18?,22-/m1/s1. The number of hydrogen-bond acceptors (Lipinski definition) is 7. The summed E-state index contributed by atoms with van der Waals surface area (Å²) in [4.78, 5) is 42.8. The number of hydrogen-bond donors (Lipinski definition) is 1. The Morgan fingerprint density at radius 2 is 1.69 bits per heavy atom. The second-order valence-electron chi connectivity index (χ2n) is 9.13. The molecule has 0 spiro atoms. The fourth-order valence-corrected chi connectivity index (χ4v) is 5.16. The van der Waals surface area contributed by atoms with Crippen molar-refractivity contribution in [3.63, 3.8) is 0 Å². The van der Waals surface area contributed by atoms with Gasteiger partial charge in [0, 0.05) is 10.7 Å². The first-order valence-electron chi connectivity index (χ1n) is 11.2. The minimum Gasteiger partial charge on any atom is -0.448 e. The predicted molar refractivity (Wildman–Crippen MR) is 133 cm³/mol. The molecule has 2 heterocycles. The van der Waals surface area contributed by atoms with E-state index in [0.29, 0.717) is 0 Å². The van der Waals surface area contributed by atoms with E-state index in [1.165, 1.54) is 16.7 Å². The van der Waals surface area contributed by atoms with Crippen molar-refractivity contribution in [1.29, 1.82) is 0 Å². The third kappa shape index (κ3) is 5.32. The molecule has 10 nitrogen and oxygen atoms in total. The summed E-state index contributed by atoms with van der Waals surface area (Å²) in [6.07, 6.45) is -1.48. The molecule has 2 aliphatic rings. The first kappa shape index (κ1) is 25.2. The Hall–Kier alpha value is -3.95. The van der Waals surface area contributed by atoms with E-state index in [4.69, 9.17) is 15.0 Å². The van der Waals surface area contributed by atoms with Crippen LogP contribution in [-0.4, -0.2) is 45.6 Å². The number of nitrogens with one attached hydrogen (secondary N) is 1. The van der Waals surface area contributed by atoms with Crippen LogP contribution in [0.15, 0.2) is 77.2 Å². The van der Waals surface area contributed by atoms with Crippen LogP contribution in [0.1, 0.15) is 38.0 Å². The number of alkyl carbamates (subject to hydrolysis) is 1. The van der Waals surface area contributed by atoms with E-state index in [0.717, 1.165) is 11.1 Å². The van der Waals surface area contributed by atoms with Crippen LogP contribution < -0.4 is 5.32 Å². The van der Waals surface area contributed by atoms with E-state index in [2.05, 4.69) is 15.3 Å². The van der Waals surface area contributed by atoms with Crippen LogP contribution in [0.5, 0.6) is 0 Å². The molecule has 1 unspecified atom stereocenters. The Morgan fingerprint density at radius 3 is 2.22 bits per heavy atom. The monoisotopic (exact) mass is 507 g/mol. The average Bonchev–Trinajstić information content (AvgIpc) is 2.85. The Balaban J connectivity index is 1.61. The molecule has 11 heteroatoms. The van der Waals surface area contributed by atoms with Crippen LogP contribution >= 0.6 is 11.8 Å². The summed E-state index contributed by atoms with van der Waals surface area (Å²) in [5, 5.41) is 5.66. The number of β-lactam (4-membered cyclic amide) rings is 1. The second kappa shape index (κ2) is 10.3. The molecule has 2 aliphatic heterocycles. The van der Waals surface area contributed by atoms with Crippen molar-refractivity contribution in [3.05, 3.63) is 93.6 Å². The van der Waals surface area contributed by atoms with Crippen molar-refractivity contribution in [3.8, 4) is 0 Å². The van der Waals surface area contributed by atoms with Gasteiger partial charge >= 0.3 is 12.1 Å². The van der Waals surface area contributed by atoms with Gasteiger partial charge in [0.25, 0.3) is 5.91 Å². The number of ether oxygens (including phenoxy) is 2. The van der Waals surface area contributed by atoms with Crippen molar-refractivity contribution >= 4 is 29.7 Å². The number of fused-ring (bicyclic) bond motifs is 1. The molecular weight excluding hydrogens is 482 g/mol. The molecule has 1 N–H and O–H groups in total. The number of nitrogens with zero attached hydrogens (tertiary/aromatic N) is 4. The lowest BCUT2D eigenvalue weighted by Crippen LogP contribution is -2.70. The van der Waals surface area contributed by atoms with Gasteiger partial charge in [0.15, 0.2) is 6.10 Å². The molecule has 4 rings (SSSR count). The summed E-state index contributed by atoms with van der Waals surface area (Å²) in [6, 6.07) is 17.5. The molecule has 2 aromatic rings. The third-order valence-electron chi connectivity index (χ3n) is 5.41. The first-order chi connectivity index (χ1) is 17.2. The summed E-state index contributed by atoms with van der Waals surface area (Å²) < 4.78 is 11.2. The number of benzene rings is 2. The summed E-state index contributed by atoms with van der Waals surface area (Å²) in [5.74, 6) is -1.16. The van der Waals surface area contributed by atoms with E-state index < -0.39 is 41.1 Å². The molecule has 36 heavy (non-hydrogen) atoms. The Kier molecular flexibility index (Phi) is 7.23. The van der Waals surface area contributed by atoms with Gasteiger partial charge in [-0.2, -0.15) is 0 Å². The Bertz CT molecular complexity index is 1200. The average molecular weight is 508 g/mol. The molecule has 0 radical (unpaired) electrons. The Morgan fingerprint density at radius 1 is 1.11 bits per heavy atom. The van der Waals surface area contributed by atoms with Gasteiger partial charge in [-0.05, 0) is 37.4 Å². The molecule has 1 fully saturated rings. The lowest BCUT2D eigenvalue weighted by molar-refractivity contribution is -0.153. The highest BCUT2D eigenvalue weighted by Crippen LogP contribution is 2.42. The number of esters is 1. The van der Waals surface area contributed by atoms with Gasteiger partial charge in [-0.25, -0.2) is 9.59 Å². The smallest absolute Gasteiger partial charge is 0.408 e. The number of thioether (sulfide) groups is 1. The van der Waals surface area contributed by atoms with Crippen LogP contribution in [0, 0.1) is 0 Å². The second-order valence-corrected chi connectivity index (χ2v) is 10.2. The number of rotatable bonds is 6.